The summed E-state index contributed by atoms with van der Waals surface area (Å²) >= 11 is 0. The zero-order valence-electron chi connectivity index (χ0n) is 12.4. The van der Waals surface area contributed by atoms with E-state index < -0.39 is 5.60 Å². The second-order valence-electron chi connectivity index (χ2n) is 6.39. The van der Waals surface area contributed by atoms with Gasteiger partial charge in [0.1, 0.15) is 5.60 Å². The van der Waals surface area contributed by atoms with Crippen LogP contribution in [-0.4, -0.2) is 23.9 Å². The molecule has 1 N–H and O–H groups in total. The molecule has 0 amide bonds. The Morgan fingerprint density at radius 3 is 2.75 bits per heavy atom. The van der Waals surface area contributed by atoms with Crippen molar-refractivity contribution in [1.82, 2.24) is 0 Å². The van der Waals surface area contributed by atoms with Gasteiger partial charge >= 0.3 is 5.97 Å². The Bertz CT molecular complexity index is 442. The molecule has 2 fully saturated rings. The van der Waals surface area contributed by atoms with Crippen LogP contribution in [0.3, 0.4) is 0 Å². The highest BCUT2D eigenvalue weighted by molar-refractivity contribution is 5.88. The van der Waals surface area contributed by atoms with Crippen LogP contribution in [0.4, 0.5) is 0 Å². The Balaban J connectivity index is 2.29. The molecule has 0 aromatic heterocycles. The van der Waals surface area contributed by atoms with Gasteiger partial charge in [-0.05, 0) is 50.0 Å². The van der Waals surface area contributed by atoms with E-state index >= 15 is 0 Å². The quantitative estimate of drug-likeness (QED) is 0.283. The van der Waals surface area contributed by atoms with Crippen molar-refractivity contribution >= 4 is 5.97 Å². The highest BCUT2D eigenvalue weighted by Gasteiger charge is 2.57. The average Bonchev–Trinajstić information content (AvgIpc) is 2.45. The van der Waals surface area contributed by atoms with E-state index in [1.54, 1.807) is 0 Å². The lowest BCUT2D eigenvalue weighted by atomic mass is 9.53. The SMILES string of the molecule is C=C(C(=O)OC)[C@@H]1CC[C@@]2(C)CCCC(=C)[C@]2(OO)C1. The van der Waals surface area contributed by atoms with Gasteiger partial charge in [0.25, 0.3) is 0 Å². The lowest BCUT2D eigenvalue weighted by Gasteiger charge is -2.55. The van der Waals surface area contributed by atoms with Crippen LogP contribution in [0.1, 0.15) is 45.4 Å². The first kappa shape index (κ1) is 15.3. The molecule has 0 spiro atoms. The predicted octanol–water partition coefficient (Wildman–Crippen LogP) is 3.49. The molecule has 0 radical (unpaired) electrons. The summed E-state index contributed by atoms with van der Waals surface area (Å²) in [5, 5.41) is 9.60. The van der Waals surface area contributed by atoms with Gasteiger partial charge in [-0.3, -0.25) is 5.26 Å². The standard InChI is InChI=1S/C16H24O4/c1-11-6-5-8-15(3)9-7-13(10-16(11,15)20-18)12(2)14(17)19-4/h13,18H,1-2,5-10H2,3-4H3/t13-,15-,16-/m1/s1. The van der Waals surface area contributed by atoms with Crippen LogP contribution >= 0.6 is 0 Å². The summed E-state index contributed by atoms with van der Waals surface area (Å²) in [6.07, 6.45) is 5.23. The molecule has 20 heavy (non-hydrogen) atoms. The van der Waals surface area contributed by atoms with Crippen LogP contribution in [0, 0.1) is 11.3 Å². The first-order valence-corrected chi connectivity index (χ1v) is 7.18. The highest BCUT2D eigenvalue weighted by atomic mass is 17.1. The Morgan fingerprint density at radius 1 is 1.45 bits per heavy atom. The fourth-order valence-electron chi connectivity index (χ4n) is 3.99. The van der Waals surface area contributed by atoms with E-state index in [9.17, 15) is 10.1 Å². The molecular formula is C16H24O4. The topological polar surface area (TPSA) is 55.8 Å². The zero-order chi connectivity index (χ0) is 15.0. The molecule has 4 nitrogen and oxygen atoms in total. The minimum Gasteiger partial charge on any atom is -0.466 e. The highest BCUT2D eigenvalue weighted by Crippen LogP contribution is 2.58. The number of hydrogen-bond acceptors (Lipinski definition) is 4. The molecule has 0 unspecified atom stereocenters. The molecule has 2 rings (SSSR count). The number of esters is 1. The van der Waals surface area contributed by atoms with Crippen molar-refractivity contribution < 1.29 is 19.7 Å². The second kappa shape index (κ2) is 5.34. The molecule has 3 atom stereocenters. The molecule has 2 aliphatic carbocycles. The van der Waals surface area contributed by atoms with Crippen LogP contribution in [-0.2, 0) is 14.4 Å². The molecule has 2 aliphatic rings. The monoisotopic (exact) mass is 280 g/mol. The lowest BCUT2D eigenvalue weighted by Crippen LogP contribution is -2.56. The van der Waals surface area contributed by atoms with Crippen molar-refractivity contribution in [2.45, 2.75) is 51.0 Å². The Morgan fingerprint density at radius 2 is 2.15 bits per heavy atom. The number of hydrogen-bond donors (Lipinski definition) is 1. The van der Waals surface area contributed by atoms with Gasteiger partial charge in [0.2, 0.25) is 0 Å². The molecule has 0 heterocycles. The van der Waals surface area contributed by atoms with Crippen molar-refractivity contribution in [2.75, 3.05) is 7.11 Å². The van der Waals surface area contributed by atoms with Crippen LogP contribution in [0.25, 0.3) is 0 Å². The minimum atomic E-state index is -0.759. The maximum absolute atomic E-state index is 11.7. The van der Waals surface area contributed by atoms with Crippen LogP contribution in [0.15, 0.2) is 24.3 Å². The molecular weight excluding hydrogens is 256 g/mol. The smallest absolute Gasteiger partial charge is 0.333 e. The third-order valence-corrected chi connectivity index (χ3v) is 5.43. The molecule has 0 aromatic rings. The van der Waals surface area contributed by atoms with Crippen molar-refractivity contribution in [2.24, 2.45) is 11.3 Å². The van der Waals surface area contributed by atoms with Gasteiger partial charge in [-0.2, -0.15) is 0 Å². The van der Waals surface area contributed by atoms with Crippen molar-refractivity contribution in [1.29, 1.82) is 0 Å². The van der Waals surface area contributed by atoms with Crippen LogP contribution in [0.5, 0.6) is 0 Å². The number of fused-ring (bicyclic) bond motifs is 1. The van der Waals surface area contributed by atoms with Gasteiger partial charge < -0.3 is 4.74 Å². The summed E-state index contributed by atoms with van der Waals surface area (Å²) in [5.74, 6) is -0.411. The largest absolute Gasteiger partial charge is 0.466 e. The molecule has 2 saturated carbocycles. The number of rotatable bonds is 3. The maximum Gasteiger partial charge on any atom is 0.333 e. The molecule has 112 valence electrons. The lowest BCUT2D eigenvalue weighted by molar-refractivity contribution is -0.354. The van der Waals surface area contributed by atoms with E-state index in [1.165, 1.54) is 7.11 Å². The maximum atomic E-state index is 11.7. The summed E-state index contributed by atoms with van der Waals surface area (Å²) < 4.78 is 4.76. The Labute approximate surface area is 120 Å². The third-order valence-electron chi connectivity index (χ3n) is 5.43. The third kappa shape index (κ3) is 2.11. The van der Waals surface area contributed by atoms with Gasteiger partial charge in [0.15, 0.2) is 0 Å². The Kier molecular flexibility index (Phi) is 4.07. The molecule has 0 aliphatic heterocycles. The van der Waals surface area contributed by atoms with E-state index in [2.05, 4.69) is 20.1 Å². The van der Waals surface area contributed by atoms with Gasteiger partial charge in [-0.25, -0.2) is 9.68 Å². The van der Waals surface area contributed by atoms with Crippen LogP contribution < -0.4 is 0 Å². The molecule has 0 saturated heterocycles. The van der Waals surface area contributed by atoms with Crippen molar-refractivity contribution in [3.63, 3.8) is 0 Å². The first-order valence-electron chi connectivity index (χ1n) is 7.18. The minimum absolute atomic E-state index is 0.0301. The molecule has 4 heteroatoms. The summed E-state index contributed by atoms with van der Waals surface area (Å²) in [4.78, 5) is 16.7. The summed E-state index contributed by atoms with van der Waals surface area (Å²) in [6.45, 7) is 10.1. The van der Waals surface area contributed by atoms with E-state index in [0.717, 1.165) is 37.7 Å². The zero-order valence-corrected chi connectivity index (χ0v) is 12.4. The fourth-order valence-corrected chi connectivity index (χ4v) is 3.99. The van der Waals surface area contributed by atoms with Gasteiger partial charge in [0.05, 0.1) is 7.11 Å². The first-order chi connectivity index (χ1) is 9.40. The van der Waals surface area contributed by atoms with Crippen LogP contribution in [0.2, 0.25) is 0 Å². The van der Waals surface area contributed by atoms with Gasteiger partial charge in [-0.1, -0.05) is 20.1 Å². The summed E-state index contributed by atoms with van der Waals surface area (Å²) in [7, 11) is 1.36. The second-order valence-corrected chi connectivity index (χ2v) is 6.39. The molecule has 0 bridgehead atoms. The average molecular weight is 280 g/mol. The predicted molar refractivity (Wildman–Crippen MR) is 76.0 cm³/mol. The number of methoxy groups -OCH3 is 1. The number of carbonyl (C=O) groups excluding carboxylic acids is 1. The Hall–Kier alpha value is -1.13. The normalized spacial score (nSPS) is 37.1. The summed E-state index contributed by atoms with van der Waals surface area (Å²) in [6, 6.07) is 0. The number of ether oxygens (including phenoxy) is 1. The van der Waals surface area contributed by atoms with E-state index in [1.807, 2.05) is 0 Å². The molecule has 0 aromatic carbocycles. The van der Waals surface area contributed by atoms with Crippen molar-refractivity contribution in [3.8, 4) is 0 Å². The van der Waals surface area contributed by atoms with E-state index in [-0.39, 0.29) is 17.3 Å². The van der Waals surface area contributed by atoms with Crippen molar-refractivity contribution in [3.05, 3.63) is 24.3 Å². The van der Waals surface area contributed by atoms with E-state index in [0.29, 0.717) is 12.0 Å². The fraction of sp³-hybridized carbons (Fsp3) is 0.688. The summed E-state index contributed by atoms with van der Waals surface area (Å²) in [5.41, 5.74) is 0.509. The van der Waals surface area contributed by atoms with E-state index in [4.69, 9.17) is 9.62 Å². The van der Waals surface area contributed by atoms with Gasteiger partial charge in [-0.15, -0.1) is 0 Å². The number of carbonyl (C=O) groups is 1. The van der Waals surface area contributed by atoms with Gasteiger partial charge in [0, 0.05) is 11.0 Å².